The van der Waals surface area contributed by atoms with Gasteiger partial charge in [-0.2, -0.15) is 13.2 Å². The van der Waals surface area contributed by atoms with Gasteiger partial charge in [-0.25, -0.2) is 0 Å². The third-order valence-corrected chi connectivity index (χ3v) is 3.26. The van der Waals surface area contributed by atoms with Crippen LogP contribution in [0.4, 0.5) is 18.9 Å². The van der Waals surface area contributed by atoms with Crippen LogP contribution < -0.4 is 5.32 Å². The largest absolute Gasteiger partial charge is 0.408 e. The highest BCUT2D eigenvalue weighted by Gasteiger charge is 2.43. The van der Waals surface area contributed by atoms with Crippen LogP contribution in [0.15, 0.2) is 18.2 Å². The van der Waals surface area contributed by atoms with Crippen molar-refractivity contribution in [2.45, 2.75) is 18.6 Å². The van der Waals surface area contributed by atoms with Gasteiger partial charge in [0.2, 0.25) is 0 Å². The average molecular weight is 313 g/mol. The Labute approximate surface area is 92.8 Å². The van der Waals surface area contributed by atoms with E-state index in [-0.39, 0.29) is 6.42 Å². The van der Waals surface area contributed by atoms with Crippen LogP contribution >= 0.6 is 22.6 Å². The van der Waals surface area contributed by atoms with E-state index in [4.69, 9.17) is 0 Å². The first-order chi connectivity index (χ1) is 6.48. The molecule has 1 atom stereocenters. The molecule has 5 heteroatoms. The molecule has 1 aromatic carbocycles. The third-order valence-electron chi connectivity index (χ3n) is 2.25. The summed E-state index contributed by atoms with van der Waals surface area (Å²) in [7, 11) is 0. The average Bonchev–Trinajstić information content (AvgIpc) is 2.48. The highest BCUT2D eigenvalue weighted by Crippen LogP contribution is 2.36. The highest BCUT2D eigenvalue weighted by atomic mass is 127. The monoisotopic (exact) mass is 313 g/mol. The minimum Gasteiger partial charge on any atom is -0.373 e. The van der Waals surface area contributed by atoms with Crippen molar-refractivity contribution in [1.82, 2.24) is 0 Å². The van der Waals surface area contributed by atoms with E-state index in [1.54, 1.807) is 12.1 Å². The summed E-state index contributed by atoms with van der Waals surface area (Å²) in [6.45, 7) is 0. The minimum atomic E-state index is -4.16. The maximum absolute atomic E-state index is 12.4. The Morgan fingerprint density at radius 3 is 2.64 bits per heavy atom. The molecule has 0 fully saturated rings. The van der Waals surface area contributed by atoms with Crippen LogP contribution in [-0.4, -0.2) is 12.2 Å². The SMILES string of the molecule is FC(F)(F)[C@H]1Cc2c(I)cccc2N1. The fourth-order valence-electron chi connectivity index (χ4n) is 1.54. The number of alkyl halides is 3. The molecular formula is C9H7F3IN. The van der Waals surface area contributed by atoms with Gasteiger partial charge in [-0.15, -0.1) is 0 Å². The lowest BCUT2D eigenvalue weighted by Crippen LogP contribution is -2.34. The van der Waals surface area contributed by atoms with E-state index in [9.17, 15) is 13.2 Å². The van der Waals surface area contributed by atoms with Crippen molar-refractivity contribution in [2.24, 2.45) is 0 Å². The summed E-state index contributed by atoms with van der Waals surface area (Å²) in [5, 5.41) is 2.49. The molecule has 0 unspecified atom stereocenters. The molecule has 0 aliphatic carbocycles. The number of rotatable bonds is 0. The summed E-state index contributed by atoms with van der Waals surface area (Å²) >= 11 is 2.06. The fraction of sp³-hybridized carbons (Fsp3) is 0.333. The van der Waals surface area contributed by atoms with Gasteiger partial charge in [-0.1, -0.05) is 6.07 Å². The zero-order valence-electron chi connectivity index (χ0n) is 7.03. The molecule has 0 spiro atoms. The topological polar surface area (TPSA) is 12.0 Å². The van der Waals surface area contributed by atoms with Crippen molar-refractivity contribution in [2.75, 3.05) is 5.32 Å². The van der Waals surface area contributed by atoms with Gasteiger partial charge in [-0.05, 0) is 40.3 Å². The number of halogens is 4. The Morgan fingerprint density at radius 1 is 1.36 bits per heavy atom. The van der Waals surface area contributed by atoms with Crippen molar-refractivity contribution in [3.8, 4) is 0 Å². The number of hydrogen-bond donors (Lipinski definition) is 1. The maximum Gasteiger partial charge on any atom is 0.408 e. The molecule has 1 heterocycles. The van der Waals surface area contributed by atoms with Gasteiger partial charge in [0.25, 0.3) is 0 Å². The van der Waals surface area contributed by atoms with E-state index in [0.29, 0.717) is 5.69 Å². The first-order valence-corrected chi connectivity index (χ1v) is 5.17. The van der Waals surface area contributed by atoms with E-state index in [2.05, 4.69) is 27.9 Å². The summed E-state index contributed by atoms with van der Waals surface area (Å²) in [6, 6.07) is 3.84. The molecule has 1 N–H and O–H groups in total. The van der Waals surface area contributed by atoms with Crippen molar-refractivity contribution in [3.63, 3.8) is 0 Å². The molecule has 0 radical (unpaired) electrons. The third kappa shape index (κ3) is 1.69. The second-order valence-electron chi connectivity index (χ2n) is 3.21. The predicted molar refractivity (Wildman–Crippen MR) is 56.3 cm³/mol. The van der Waals surface area contributed by atoms with Crippen LogP contribution in [0.2, 0.25) is 0 Å². The first-order valence-electron chi connectivity index (χ1n) is 4.09. The molecule has 1 aliphatic heterocycles. The molecular weight excluding hydrogens is 306 g/mol. The van der Waals surface area contributed by atoms with E-state index in [1.807, 2.05) is 6.07 Å². The lowest BCUT2D eigenvalue weighted by Gasteiger charge is -2.14. The van der Waals surface area contributed by atoms with E-state index in [1.165, 1.54) is 0 Å². The molecule has 1 aliphatic rings. The van der Waals surface area contributed by atoms with Gasteiger partial charge < -0.3 is 5.32 Å². The van der Waals surface area contributed by atoms with Gasteiger partial charge in [0.05, 0.1) is 0 Å². The lowest BCUT2D eigenvalue weighted by atomic mass is 10.1. The van der Waals surface area contributed by atoms with Crippen molar-refractivity contribution in [1.29, 1.82) is 0 Å². The van der Waals surface area contributed by atoms with Gasteiger partial charge >= 0.3 is 6.18 Å². The van der Waals surface area contributed by atoms with E-state index < -0.39 is 12.2 Å². The number of benzene rings is 1. The zero-order chi connectivity index (χ0) is 10.3. The van der Waals surface area contributed by atoms with Crippen LogP contribution in [0.25, 0.3) is 0 Å². The van der Waals surface area contributed by atoms with Gasteiger partial charge in [0.15, 0.2) is 0 Å². The normalized spacial score (nSPS) is 20.4. The van der Waals surface area contributed by atoms with E-state index >= 15 is 0 Å². The molecule has 2 rings (SSSR count). The lowest BCUT2D eigenvalue weighted by molar-refractivity contribution is -0.140. The van der Waals surface area contributed by atoms with Crippen molar-refractivity contribution < 1.29 is 13.2 Å². The standard InChI is InChI=1S/C9H7F3IN/c10-9(11,12)8-4-5-6(13)2-1-3-7(5)14-8/h1-3,8,14H,4H2/t8-/m1/s1. The zero-order valence-corrected chi connectivity index (χ0v) is 9.19. The molecule has 76 valence electrons. The number of nitrogens with one attached hydrogen (secondary N) is 1. The summed E-state index contributed by atoms with van der Waals surface area (Å²) in [5.41, 5.74) is 1.38. The highest BCUT2D eigenvalue weighted by molar-refractivity contribution is 14.1. The summed E-state index contributed by atoms with van der Waals surface area (Å²) < 4.78 is 38.1. The molecule has 1 aromatic rings. The van der Waals surface area contributed by atoms with Crippen LogP contribution in [0.3, 0.4) is 0 Å². The molecule has 14 heavy (non-hydrogen) atoms. The van der Waals surface area contributed by atoms with Crippen molar-refractivity contribution >= 4 is 28.3 Å². The molecule has 0 aromatic heterocycles. The quantitative estimate of drug-likeness (QED) is 0.726. The molecule has 1 nitrogen and oxygen atoms in total. The van der Waals surface area contributed by atoms with Crippen LogP contribution in [0.5, 0.6) is 0 Å². The number of anilines is 1. The Balaban J connectivity index is 2.31. The van der Waals surface area contributed by atoms with Crippen LogP contribution in [0.1, 0.15) is 5.56 Å². The Morgan fingerprint density at radius 2 is 2.07 bits per heavy atom. The summed E-state index contributed by atoms with van der Waals surface area (Å²) in [5.74, 6) is 0. The summed E-state index contributed by atoms with van der Waals surface area (Å²) in [6.07, 6.45) is -4.12. The van der Waals surface area contributed by atoms with Gasteiger partial charge in [0, 0.05) is 15.7 Å². The Kier molecular flexibility index (Phi) is 2.36. The Bertz CT molecular complexity index is 362. The van der Waals surface area contributed by atoms with Gasteiger partial charge in [-0.3, -0.25) is 0 Å². The van der Waals surface area contributed by atoms with Crippen LogP contribution in [-0.2, 0) is 6.42 Å². The molecule has 0 saturated heterocycles. The minimum absolute atomic E-state index is 0.0396. The fourth-order valence-corrected chi connectivity index (χ4v) is 2.26. The first kappa shape index (κ1) is 10.1. The van der Waals surface area contributed by atoms with Crippen LogP contribution in [0, 0.1) is 3.57 Å². The van der Waals surface area contributed by atoms with E-state index in [0.717, 1.165) is 9.13 Å². The predicted octanol–water partition coefficient (Wildman–Crippen LogP) is 3.19. The smallest absolute Gasteiger partial charge is 0.373 e. The van der Waals surface area contributed by atoms with Gasteiger partial charge in [0.1, 0.15) is 6.04 Å². The molecule has 0 amide bonds. The second-order valence-corrected chi connectivity index (χ2v) is 4.37. The molecule has 0 bridgehead atoms. The second kappa shape index (κ2) is 3.29. The van der Waals surface area contributed by atoms with Crippen molar-refractivity contribution in [3.05, 3.63) is 27.3 Å². The maximum atomic E-state index is 12.4. The number of fused-ring (bicyclic) bond motifs is 1. The number of hydrogen-bond acceptors (Lipinski definition) is 1. The molecule has 0 saturated carbocycles. The Hall–Kier alpha value is -0.460. The summed E-state index contributed by atoms with van der Waals surface area (Å²) in [4.78, 5) is 0.